The number of aliphatic hydroxyl groups is 1. The molecule has 0 aromatic heterocycles. The molecule has 5 nitrogen and oxygen atoms in total. The zero-order valence-electron chi connectivity index (χ0n) is 12.0. The highest BCUT2D eigenvalue weighted by Gasteiger charge is 2.40. The fourth-order valence-corrected chi connectivity index (χ4v) is 3.53. The van der Waals surface area contributed by atoms with Crippen LogP contribution in [0.1, 0.15) is 27.7 Å². The van der Waals surface area contributed by atoms with E-state index >= 15 is 0 Å². The normalized spacial score (nSPS) is 13.5. The van der Waals surface area contributed by atoms with Crippen molar-refractivity contribution in [3.63, 3.8) is 0 Å². The monoisotopic (exact) mass is 402 g/mol. The molecule has 9 heteroatoms. The van der Waals surface area contributed by atoms with Gasteiger partial charge in [0.05, 0.1) is 26.3 Å². The lowest BCUT2D eigenvalue weighted by Gasteiger charge is -2.37. The third kappa shape index (κ3) is 3.68. The van der Waals surface area contributed by atoms with Crippen molar-refractivity contribution in [1.29, 1.82) is 0 Å². The van der Waals surface area contributed by atoms with Gasteiger partial charge in [0.2, 0.25) is 10.0 Å². The molecule has 120 valence electrons. The first-order valence-corrected chi connectivity index (χ1v) is 8.55. The molecule has 0 radical (unpaired) electrons. The second kappa shape index (κ2) is 5.66. The van der Waals surface area contributed by atoms with Gasteiger partial charge in [0.15, 0.2) is 5.82 Å². The third-order valence-corrected chi connectivity index (χ3v) is 6.40. The Labute approximate surface area is 136 Å². The Balaban J connectivity index is 3.41. The topological polar surface area (TPSA) is 92.4 Å². The molecule has 0 amide bonds. The first-order chi connectivity index (χ1) is 9.21. The van der Waals surface area contributed by atoms with E-state index in [4.69, 9.17) is 17.3 Å². The number of hydrogen-bond donors (Lipinski definition) is 3. The van der Waals surface area contributed by atoms with Crippen LogP contribution < -0.4 is 10.5 Å². The lowest BCUT2D eigenvalue weighted by atomic mass is 9.87. The average molecular weight is 404 g/mol. The van der Waals surface area contributed by atoms with Crippen LogP contribution in [0.5, 0.6) is 0 Å². The maximum atomic E-state index is 14.1. The van der Waals surface area contributed by atoms with E-state index < -0.39 is 37.6 Å². The lowest BCUT2D eigenvalue weighted by molar-refractivity contribution is 0.00636. The van der Waals surface area contributed by atoms with Gasteiger partial charge in [0, 0.05) is 0 Å². The summed E-state index contributed by atoms with van der Waals surface area (Å²) in [7, 11) is -4.26. The number of halogens is 3. The molecule has 4 N–H and O–H groups in total. The highest BCUT2D eigenvalue weighted by atomic mass is 79.9. The van der Waals surface area contributed by atoms with Crippen LogP contribution in [-0.2, 0) is 10.0 Å². The number of anilines is 1. The zero-order chi connectivity index (χ0) is 16.8. The Morgan fingerprint density at radius 2 is 1.86 bits per heavy atom. The van der Waals surface area contributed by atoms with Crippen LogP contribution in [0.25, 0.3) is 0 Å². The number of nitrogens with two attached hydrogens (primary N) is 1. The molecule has 1 aromatic carbocycles. The molecular weight excluding hydrogens is 387 g/mol. The van der Waals surface area contributed by atoms with Gasteiger partial charge >= 0.3 is 0 Å². The van der Waals surface area contributed by atoms with Gasteiger partial charge in [-0.05, 0) is 49.7 Å². The van der Waals surface area contributed by atoms with E-state index in [-0.39, 0.29) is 9.50 Å². The molecule has 0 aliphatic rings. The third-order valence-electron chi connectivity index (χ3n) is 3.37. The van der Waals surface area contributed by atoms with Crippen molar-refractivity contribution in [1.82, 2.24) is 4.72 Å². The molecule has 1 aromatic rings. The fourth-order valence-electron chi connectivity index (χ4n) is 1.31. The number of benzene rings is 1. The number of nitrogen functional groups attached to an aromatic ring is 1. The molecule has 0 heterocycles. The van der Waals surface area contributed by atoms with Crippen LogP contribution in [0.3, 0.4) is 0 Å². The summed E-state index contributed by atoms with van der Waals surface area (Å²) < 4.78 is 41.1. The van der Waals surface area contributed by atoms with Gasteiger partial charge in [-0.25, -0.2) is 17.5 Å². The van der Waals surface area contributed by atoms with E-state index in [9.17, 15) is 17.9 Å². The molecular formula is C12H17BrClFN2O3S. The zero-order valence-corrected chi connectivity index (χ0v) is 15.1. The van der Waals surface area contributed by atoms with Crippen molar-refractivity contribution < 1.29 is 17.9 Å². The number of sulfonamides is 1. The highest BCUT2D eigenvalue weighted by molar-refractivity contribution is 9.10. The molecule has 1 rings (SSSR count). The molecule has 0 aliphatic heterocycles. The van der Waals surface area contributed by atoms with Crippen molar-refractivity contribution in [2.45, 2.75) is 43.7 Å². The Bertz CT molecular complexity index is 672. The quantitative estimate of drug-likeness (QED) is 0.532. The SMILES string of the molecule is CC(C)(O)C(C)(C)NS(=O)(=O)c1cc(Cl)c(Br)c(N)c1F. The second-order valence-corrected chi connectivity index (χ2v) is 8.54. The lowest BCUT2D eigenvalue weighted by Crippen LogP contribution is -2.57. The van der Waals surface area contributed by atoms with Gasteiger partial charge in [0.1, 0.15) is 4.90 Å². The van der Waals surface area contributed by atoms with Crippen molar-refractivity contribution in [2.24, 2.45) is 0 Å². The van der Waals surface area contributed by atoms with Crippen LogP contribution >= 0.6 is 27.5 Å². The smallest absolute Gasteiger partial charge is 0.244 e. The average Bonchev–Trinajstić information content (AvgIpc) is 2.28. The molecule has 0 bridgehead atoms. The number of nitrogens with one attached hydrogen (secondary N) is 1. The maximum Gasteiger partial charge on any atom is 0.244 e. The van der Waals surface area contributed by atoms with Crippen LogP contribution in [0.4, 0.5) is 10.1 Å². The summed E-state index contributed by atoms with van der Waals surface area (Å²) in [6.07, 6.45) is 0. The van der Waals surface area contributed by atoms with Crippen LogP contribution in [0.15, 0.2) is 15.4 Å². The van der Waals surface area contributed by atoms with Crippen molar-refractivity contribution in [2.75, 3.05) is 5.73 Å². The Kier molecular flexibility index (Phi) is 5.02. The molecule has 0 fully saturated rings. The van der Waals surface area contributed by atoms with Crippen molar-refractivity contribution in [3.8, 4) is 0 Å². The van der Waals surface area contributed by atoms with Crippen LogP contribution in [-0.4, -0.2) is 24.7 Å². The molecule has 0 unspecified atom stereocenters. The fraction of sp³-hybridized carbons (Fsp3) is 0.500. The van der Waals surface area contributed by atoms with Gasteiger partial charge in [-0.3, -0.25) is 0 Å². The van der Waals surface area contributed by atoms with E-state index in [1.807, 2.05) is 0 Å². The molecule has 21 heavy (non-hydrogen) atoms. The minimum absolute atomic E-state index is 0.0321. The minimum Gasteiger partial charge on any atom is -0.395 e. The summed E-state index contributed by atoms with van der Waals surface area (Å²) >= 11 is 8.79. The molecule has 0 saturated carbocycles. The largest absolute Gasteiger partial charge is 0.395 e. The van der Waals surface area contributed by atoms with Gasteiger partial charge in [-0.1, -0.05) is 11.6 Å². The van der Waals surface area contributed by atoms with Crippen LogP contribution in [0, 0.1) is 5.82 Å². The van der Waals surface area contributed by atoms with Crippen LogP contribution in [0.2, 0.25) is 5.02 Å². The van der Waals surface area contributed by atoms with Crippen molar-refractivity contribution in [3.05, 3.63) is 21.4 Å². The first-order valence-electron chi connectivity index (χ1n) is 5.90. The summed E-state index contributed by atoms with van der Waals surface area (Å²) in [4.78, 5) is -0.675. The molecule has 0 spiro atoms. The van der Waals surface area contributed by atoms with E-state index in [2.05, 4.69) is 20.7 Å². The summed E-state index contributed by atoms with van der Waals surface area (Å²) in [5.41, 5.74) is 2.47. The highest BCUT2D eigenvalue weighted by Crippen LogP contribution is 2.35. The summed E-state index contributed by atoms with van der Waals surface area (Å²) in [6.45, 7) is 5.84. The van der Waals surface area contributed by atoms with Gasteiger partial charge < -0.3 is 10.8 Å². The first kappa shape index (κ1) is 18.6. The Morgan fingerprint density at radius 3 is 2.29 bits per heavy atom. The summed E-state index contributed by atoms with van der Waals surface area (Å²) in [5, 5.41) is 9.97. The second-order valence-electron chi connectivity index (χ2n) is 5.69. The molecule has 0 aliphatic carbocycles. The van der Waals surface area contributed by atoms with Gasteiger partial charge in [-0.15, -0.1) is 0 Å². The standard InChI is InChI=1S/C12H17BrClFN2O3S/c1-11(2,12(3,4)18)17-21(19,20)7-5-6(14)8(13)10(16)9(7)15/h5,17-18H,16H2,1-4H3. The predicted octanol–water partition coefficient (Wildman–Crippen LogP) is 2.65. The number of rotatable bonds is 4. The molecule has 0 saturated heterocycles. The van der Waals surface area contributed by atoms with E-state index in [0.717, 1.165) is 6.07 Å². The number of hydrogen-bond acceptors (Lipinski definition) is 4. The van der Waals surface area contributed by atoms with E-state index in [1.165, 1.54) is 27.7 Å². The van der Waals surface area contributed by atoms with Crippen molar-refractivity contribution >= 4 is 43.2 Å². The van der Waals surface area contributed by atoms with E-state index in [0.29, 0.717) is 0 Å². The van der Waals surface area contributed by atoms with E-state index in [1.54, 1.807) is 0 Å². The predicted molar refractivity (Wildman–Crippen MR) is 84.2 cm³/mol. The maximum absolute atomic E-state index is 14.1. The van der Waals surface area contributed by atoms with Gasteiger partial charge in [-0.2, -0.15) is 0 Å². The Morgan fingerprint density at radius 1 is 1.38 bits per heavy atom. The Hall–Kier alpha value is -0.410. The van der Waals surface area contributed by atoms with Gasteiger partial charge in [0.25, 0.3) is 0 Å². The molecule has 0 atom stereocenters. The summed E-state index contributed by atoms with van der Waals surface area (Å²) in [6, 6.07) is 0.958. The summed E-state index contributed by atoms with van der Waals surface area (Å²) in [5.74, 6) is -1.11. The minimum atomic E-state index is -4.26.